The monoisotopic (exact) mass is 1550 g/mol. The van der Waals surface area contributed by atoms with Crippen LogP contribution in [-0.4, -0.2) is 96.7 Å². The molecule has 0 heterocycles. The van der Waals surface area contributed by atoms with Crippen LogP contribution in [0, 0.1) is 17.8 Å². The minimum atomic E-state index is -4.97. The van der Waals surface area contributed by atoms with E-state index in [1.807, 2.05) is 0 Å². The molecule has 0 bridgehead atoms. The highest BCUT2D eigenvalue weighted by molar-refractivity contribution is 7.47. The lowest BCUT2D eigenvalue weighted by Crippen LogP contribution is -2.30. The fourth-order valence-electron chi connectivity index (χ4n) is 13.5. The molecule has 2 unspecified atom stereocenters. The van der Waals surface area contributed by atoms with Gasteiger partial charge >= 0.3 is 39.5 Å². The molecule has 0 aliphatic heterocycles. The minimum Gasteiger partial charge on any atom is -0.462 e. The van der Waals surface area contributed by atoms with Crippen molar-refractivity contribution < 1.29 is 80.2 Å². The first kappa shape index (κ1) is 104. The van der Waals surface area contributed by atoms with E-state index in [9.17, 15) is 43.2 Å². The molecule has 0 radical (unpaired) electrons. The molecule has 0 saturated carbocycles. The predicted molar refractivity (Wildman–Crippen MR) is 437 cm³/mol. The topological polar surface area (TPSA) is 237 Å². The van der Waals surface area contributed by atoms with E-state index in [4.69, 9.17) is 37.0 Å². The molecule has 0 aliphatic carbocycles. The van der Waals surface area contributed by atoms with Crippen LogP contribution in [0.25, 0.3) is 0 Å². The lowest BCUT2D eigenvalue weighted by atomic mass is 10.0. The van der Waals surface area contributed by atoms with E-state index in [-0.39, 0.29) is 25.7 Å². The van der Waals surface area contributed by atoms with Crippen molar-refractivity contribution in [1.82, 2.24) is 0 Å². The molecule has 5 atom stereocenters. The predicted octanol–water partition coefficient (Wildman–Crippen LogP) is 26.5. The van der Waals surface area contributed by atoms with Gasteiger partial charge in [-0.25, -0.2) is 9.13 Å². The van der Waals surface area contributed by atoms with Gasteiger partial charge in [-0.3, -0.25) is 37.3 Å². The van der Waals surface area contributed by atoms with Gasteiger partial charge in [0.2, 0.25) is 0 Å². The number of carbonyl (C=O) groups excluding carboxylic acids is 4. The van der Waals surface area contributed by atoms with Gasteiger partial charge in [0.1, 0.15) is 19.3 Å². The summed E-state index contributed by atoms with van der Waals surface area (Å²) in [4.78, 5) is 73.3. The number of esters is 4. The van der Waals surface area contributed by atoms with Crippen molar-refractivity contribution in [3.63, 3.8) is 0 Å². The Labute approximate surface area is 651 Å². The van der Waals surface area contributed by atoms with Gasteiger partial charge in [0.05, 0.1) is 26.4 Å². The van der Waals surface area contributed by atoms with Gasteiger partial charge in [-0.15, -0.1) is 0 Å². The van der Waals surface area contributed by atoms with Crippen molar-refractivity contribution in [2.24, 2.45) is 17.8 Å². The zero-order valence-electron chi connectivity index (χ0n) is 69.9. The van der Waals surface area contributed by atoms with Gasteiger partial charge in [-0.2, -0.15) is 0 Å². The van der Waals surface area contributed by atoms with E-state index in [0.717, 1.165) is 108 Å². The molecule has 0 aliphatic rings. The third kappa shape index (κ3) is 80.1. The molecule has 0 spiro atoms. The zero-order valence-corrected chi connectivity index (χ0v) is 71.7. The van der Waals surface area contributed by atoms with Crippen molar-refractivity contribution in [2.45, 2.75) is 478 Å². The van der Waals surface area contributed by atoms with Crippen LogP contribution in [-0.2, 0) is 65.4 Å². The normalized spacial score (nSPS) is 13.9. The van der Waals surface area contributed by atoms with E-state index in [1.54, 1.807) is 0 Å². The van der Waals surface area contributed by atoms with Crippen molar-refractivity contribution >= 4 is 39.5 Å². The summed E-state index contributed by atoms with van der Waals surface area (Å²) < 4.78 is 68.9. The molecule has 0 aromatic rings. The summed E-state index contributed by atoms with van der Waals surface area (Å²) in [5.41, 5.74) is 0. The molecule has 3 N–H and O–H groups in total. The number of phosphoric ester groups is 2. The number of hydrogen-bond acceptors (Lipinski definition) is 15. The molecule has 0 fully saturated rings. The van der Waals surface area contributed by atoms with Gasteiger partial charge in [0.25, 0.3) is 0 Å². The molecule has 17 nitrogen and oxygen atoms in total. The van der Waals surface area contributed by atoms with Crippen LogP contribution in [0.15, 0.2) is 0 Å². The summed E-state index contributed by atoms with van der Waals surface area (Å²) in [7, 11) is -9.93. The summed E-state index contributed by atoms with van der Waals surface area (Å²) in [6.45, 7) is 12.0. The zero-order chi connectivity index (χ0) is 77.9. The van der Waals surface area contributed by atoms with E-state index in [0.29, 0.717) is 25.7 Å². The van der Waals surface area contributed by atoms with Gasteiger partial charge in [-0.05, 0) is 43.4 Å². The molecule has 0 rings (SSSR count). The highest BCUT2D eigenvalue weighted by Crippen LogP contribution is 2.45. The fourth-order valence-corrected chi connectivity index (χ4v) is 15.1. The maximum atomic E-state index is 13.2. The second-order valence-corrected chi connectivity index (χ2v) is 35.6. The SMILES string of the molecule is CCCCCCCCCCCCCCCCCC(=O)O[C@H](COC(=O)CCCCCCCCCCCC(C)C)COP(=O)(O)OC[C@H](O)COP(=O)(O)OC[C@@H](COC(=O)CCCCCCCCCCCCCCCCCC(C)C)OC(=O)CCCCCCCCCCCCCCCCCCCCC(C)C. The van der Waals surface area contributed by atoms with Gasteiger partial charge in [0, 0.05) is 25.7 Å². The number of aliphatic hydroxyl groups is 1. The van der Waals surface area contributed by atoms with Gasteiger partial charge in [-0.1, -0.05) is 408 Å². The molecule has 0 amide bonds. The minimum absolute atomic E-state index is 0.108. The van der Waals surface area contributed by atoms with Gasteiger partial charge < -0.3 is 33.8 Å². The summed E-state index contributed by atoms with van der Waals surface area (Å²) in [6, 6.07) is 0. The Morgan fingerprint density at radius 1 is 0.255 bits per heavy atom. The Morgan fingerprint density at radius 3 is 0.642 bits per heavy atom. The van der Waals surface area contributed by atoms with Crippen LogP contribution < -0.4 is 0 Å². The summed E-state index contributed by atoms with van der Waals surface area (Å²) in [5, 5.41) is 10.7. The van der Waals surface area contributed by atoms with E-state index >= 15 is 0 Å². The van der Waals surface area contributed by atoms with Crippen LogP contribution in [0.3, 0.4) is 0 Å². The van der Waals surface area contributed by atoms with Crippen LogP contribution >= 0.6 is 15.6 Å². The summed E-state index contributed by atoms with van der Waals surface area (Å²) in [6.07, 6.45) is 68.0. The summed E-state index contributed by atoms with van der Waals surface area (Å²) >= 11 is 0. The fraction of sp³-hybridized carbons (Fsp3) is 0.954. The van der Waals surface area contributed by atoms with Crippen LogP contribution in [0.1, 0.15) is 459 Å². The molecular formula is C87H170O17P2. The van der Waals surface area contributed by atoms with E-state index in [1.165, 1.54) is 270 Å². The first-order valence-corrected chi connectivity index (χ1v) is 47.8. The first-order valence-electron chi connectivity index (χ1n) is 44.8. The highest BCUT2D eigenvalue weighted by Gasteiger charge is 2.30. The van der Waals surface area contributed by atoms with Crippen LogP contribution in [0.5, 0.6) is 0 Å². The third-order valence-corrected chi connectivity index (χ3v) is 22.3. The number of rotatable bonds is 85. The number of hydrogen-bond donors (Lipinski definition) is 3. The molecule has 630 valence electrons. The summed E-state index contributed by atoms with van der Waals surface area (Å²) in [5.74, 6) is 0.269. The Balaban J connectivity index is 5.25. The Morgan fingerprint density at radius 2 is 0.434 bits per heavy atom. The smallest absolute Gasteiger partial charge is 0.462 e. The van der Waals surface area contributed by atoms with E-state index < -0.39 is 97.5 Å². The Hall–Kier alpha value is -1.94. The first-order chi connectivity index (χ1) is 51.2. The average Bonchev–Trinajstić information content (AvgIpc) is 0.899. The molecule has 0 aromatic heterocycles. The van der Waals surface area contributed by atoms with E-state index in [2.05, 4.69) is 48.5 Å². The van der Waals surface area contributed by atoms with Crippen molar-refractivity contribution in [3.8, 4) is 0 Å². The van der Waals surface area contributed by atoms with Crippen molar-refractivity contribution in [3.05, 3.63) is 0 Å². The number of phosphoric acid groups is 2. The van der Waals surface area contributed by atoms with Crippen molar-refractivity contribution in [2.75, 3.05) is 39.6 Å². The second kappa shape index (κ2) is 77.0. The number of carbonyl (C=O) groups is 4. The lowest BCUT2D eigenvalue weighted by Gasteiger charge is -2.21. The highest BCUT2D eigenvalue weighted by atomic mass is 31.2. The van der Waals surface area contributed by atoms with Crippen molar-refractivity contribution in [1.29, 1.82) is 0 Å². The number of aliphatic hydroxyl groups excluding tert-OH is 1. The molecular weight excluding hydrogens is 1380 g/mol. The Bertz CT molecular complexity index is 2040. The lowest BCUT2D eigenvalue weighted by molar-refractivity contribution is -0.161. The number of ether oxygens (including phenoxy) is 4. The molecule has 19 heteroatoms. The van der Waals surface area contributed by atoms with Crippen LogP contribution in [0.4, 0.5) is 0 Å². The maximum Gasteiger partial charge on any atom is 0.472 e. The van der Waals surface area contributed by atoms with Crippen LogP contribution in [0.2, 0.25) is 0 Å². The van der Waals surface area contributed by atoms with Gasteiger partial charge in [0.15, 0.2) is 12.2 Å². The quantitative estimate of drug-likeness (QED) is 0.0222. The maximum absolute atomic E-state index is 13.2. The Kier molecular flexibility index (Phi) is 75.6. The number of unbranched alkanes of at least 4 members (excludes halogenated alkanes) is 53. The molecule has 0 saturated heterocycles. The molecule has 106 heavy (non-hydrogen) atoms. The molecule has 0 aromatic carbocycles. The third-order valence-electron chi connectivity index (χ3n) is 20.4. The largest absolute Gasteiger partial charge is 0.472 e. The standard InChI is InChI=1S/C87H170O17P2/c1-8-9-10-11-12-13-14-15-21-29-34-41-49-56-63-70-86(91)104-83(75-98-85(90)69-62-55-48-43-36-39-46-53-60-67-80(6)7)77-102-106(95,96)100-73-81(88)72-99-105(93,94)101-76-82(74-97-84(89)68-61-54-47-40-33-28-25-20-23-27-32-38-45-52-59-66-79(4)5)103-87(92)71-64-57-50-42-35-30-24-19-17-16-18-22-26-31-37-44-51-58-65-78(2)3/h78-83,88H,8-77H2,1-7H3,(H,93,94)(H,95,96)/t81-,82-,83-/m1/s1. The second-order valence-electron chi connectivity index (χ2n) is 32.7. The average molecular weight is 1550 g/mol.